The van der Waals surface area contributed by atoms with E-state index in [1.165, 1.54) is 61.0 Å². The third kappa shape index (κ3) is 2.68. The smallest absolute Gasteiger partial charge is 0.214 e. The van der Waals surface area contributed by atoms with Crippen LogP contribution in [0, 0.1) is 0 Å². The van der Waals surface area contributed by atoms with Crippen LogP contribution in [0.1, 0.15) is 60.2 Å². The molecule has 5 aromatic rings. The number of nitrogens with zero attached hydrogens (tertiary/aromatic N) is 1. The van der Waals surface area contributed by atoms with Gasteiger partial charge < -0.3 is 4.74 Å². The van der Waals surface area contributed by atoms with Gasteiger partial charge in [0.25, 0.3) is 0 Å². The molecule has 3 heterocycles. The highest BCUT2D eigenvalue weighted by atomic mass is 16.5. The van der Waals surface area contributed by atoms with Gasteiger partial charge >= 0.3 is 0 Å². The zero-order valence-electron chi connectivity index (χ0n) is 21.4. The number of pyridine rings is 1. The lowest BCUT2D eigenvalue weighted by molar-refractivity contribution is -0.688. The summed E-state index contributed by atoms with van der Waals surface area (Å²) in [6.45, 7) is 11.1. The molecule has 37 heavy (non-hydrogen) atoms. The quantitative estimate of drug-likeness (QED) is 0.216. The Morgan fingerprint density at radius 1 is 0.892 bits per heavy atom. The van der Waals surface area contributed by atoms with Crippen molar-refractivity contribution < 1.29 is 9.30 Å². The summed E-state index contributed by atoms with van der Waals surface area (Å²) in [7, 11) is 0. The standard InChI is InChI=1S/C35H28NO/c1-5-24-29-15-13-20-10-11-21-18-22-12-14-25-27-19-23(35(2,3)4)16-17-36(27)34(26-8-6-7-9-28(26)37-29)33(25)32(22)31(21)30(20)24/h5-17,19,34H,1,18H2,2-4H3/q+1. The largest absolute Gasteiger partial charge is 0.456 e. The molecule has 2 aliphatic heterocycles. The predicted octanol–water partition coefficient (Wildman–Crippen LogP) is 8.36. The Morgan fingerprint density at radius 3 is 2.51 bits per heavy atom. The van der Waals surface area contributed by atoms with Crippen LogP contribution in [0.4, 0.5) is 0 Å². The molecule has 1 aliphatic carbocycles. The van der Waals surface area contributed by atoms with E-state index in [4.69, 9.17) is 4.74 Å². The first kappa shape index (κ1) is 21.0. The molecular formula is C35H28NO+. The van der Waals surface area contributed by atoms with Crippen molar-refractivity contribution >= 4 is 16.8 Å². The maximum Gasteiger partial charge on any atom is 0.214 e. The van der Waals surface area contributed by atoms with Crippen LogP contribution in [0.3, 0.4) is 0 Å². The van der Waals surface area contributed by atoms with Crippen molar-refractivity contribution in [2.24, 2.45) is 0 Å². The molecule has 2 heteroatoms. The Labute approximate surface area is 217 Å². The van der Waals surface area contributed by atoms with Crippen molar-refractivity contribution in [3.8, 4) is 33.9 Å². The monoisotopic (exact) mass is 478 g/mol. The Hall–Kier alpha value is -4.17. The molecule has 0 N–H and O–H groups in total. The Morgan fingerprint density at radius 2 is 1.68 bits per heavy atom. The first-order valence-corrected chi connectivity index (χ1v) is 13.1. The first-order valence-electron chi connectivity index (χ1n) is 13.1. The molecule has 1 aromatic heterocycles. The average Bonchev–Trinajstić information content (AvgIpc) is 3.43. The number of aromatic nitrogens is 1. The Balaban J connectivity index is 1.58. The summed E-state index contributed by atoms with van der Waals surface area (Å²) in [4.78, 5) is 0. The van der Waals surface area contributed by atoms with E-state index in [1.807, 2.05) is 6.08 Å². The van der Waals surface area contributed by atoms with E-state index in [0.29, 0.717) is 0 Å². The molecule has 8 rings (SSSR count). The van der Waals surface area contributed by atoms with Crippen LogP contribution in [-0.2, 0) is 11.8 Å². The van der Waals surface area contributed by atoms with E-state index in [0.717, 1.165) is 23.5 Å². The molecule has 3 aliphatic rings. The maximum atomic E-state index is 6.75. The fourth-order valence-corrected chi connectivity index (χ4v) is 6.80. The van der Waals surface area contributed by atoms with Crippen LogP contribution < -0.4 is 9.30 Å². The molecule has 0 spiro atoms. The van der Waals surface area contributed by atoms with Gasteiger partial charge in [0, 0.05) is 28.6 Å². The molecule has 0 saturated carbocycles. The second-order valence-corrected chi connectivity index (χ2v) is 11.6. The fourth-order valence-electron chi connectivity index (χ4n) is 6.80. The minimum atomic E-state index is 0.0440. The predicted molar refractivity (Wildman–Crippen MR) is 150 cm³/mol. The van der Waals surface area contributed by atoms with Crippen molar-refractivity contribution in [3.63, 3.8) is 0 Å². The zero-order valence-corrected chi connectivity index (χ0v) is 21.4. The Kier molecular flexibility index (Phi) is 3.96. The van der Waals surface area contributed by atoms with Gasteiger partial charge in [0.1, 0.15) is 11.5 Å². The van der Waals surface area contributed by atoms with Gasteiger partial charge in [0.05, 0.1) is 11.1 Å². The fraction of sp³-hybridized carbons (Fsp3) is 0.171. The van der Waals surface area contributed by atoms with Gasteiger partial charge in [0.15, 0.2) is 6.20 Å². The van der Waals surface area contributed by atoms with Gasteiger partial charge in [-0.2, -0.15) is 4.57 Å². The summed E-state index contributed by atoms with van der Waals surface area (Å²) in [6.07, 6.45) is 5.22. The number of fused-ring (bicyclic) bond motifs is 6. The molecular weight excluding hydrogens is 450 g/mol. The molecule has 0 fully saturated rings. The molecule has 0 amide bonds. The second-order valence-electron chi connectivity index (χ2n) is 11.6. The van der Waals surface area contributed by atoms with E-state index >= 15 is 0 Å². The van der Waals surface area contributed by atoms with Gasteiger partial charge in [0.2, 0.25) is 11.7 Å². The summed E-state index contributed by atoms with van der Waals surface area (Å²) >= 11 is 0. The van der Waals surface area contributed by atoms with Crippen LogP contribution in [-0.4, -0.2) is 0 Å². The molecule has 2 bridgehead atoms. The number of ether oxygens (including phenoxy) is 1. The average molecular weight is 479 g/mol. The number of hydrogen-bond donors (Lipinski definition) is 0. The SMILES string of the molecule is C=Cc1c2ccc3ccc4c(c13)-c1c(ccc3c1C(c1ccccc1O2)[n+]1ccc(C(C)(C)C)cc1-3)C4. The molecule has 4 aromatic carbocycles. The summed E-state index contributed by atoms with van der Waals surface area (Å²) in [5.74, 6) is 1.76. The highest BCUT2D eigenvalue weighted by Crippen LogP contribution is 2.54. The molecule has 0 radical (unpaired) electrons. The minimum Gasteiger partial charge on any atom is -0.456 e. The number of para-hydroxylation sites is 1. The van der Waals surface area contributed by atoms with Crippen LogP contribution in [0.5, 0.6) is 11.5 Å². The molecule has 178 valence electrons. The summed E-state index contributed by atoms with van der Waals surface area (Å²) < 4.78 is 9.22. The summed E-state index contributed by atoms with van der Waals surface area (Å²) in [6, 6.07) is 26.9. The molecule has 0 saturated heterocycles. The molecule has 1 unspecified atom stereocenters. The van der Waals surface area contributed by atoms with Crippen LogP contribution in [0.15, 0.2) is 85.6 Å². The lowest BCUT2D eigenvalue weighted by Crippen LogP contribution is -2.39. The second kappa shape index (κ2) is 6.98. The van der Waals surface area contributed by atoms with Crippen LogP contribution in [0.2, 0.25) is 0 Å². The van der Waals surface area contributed by atoms with Gasteiger partial charge in [-0.25, -0.2) is 0 Å². The topological polar surface area (TPSA) is 13.1 Å². The van der Waals surface area contributed by atoms with Gasteiger partial charge in [-0.15, -0.1) is 0 Å². The van der Waals surface area contributed by atoms with Crippen molar-refractivity contribution in [2.45, 2.75) is 38.6 Å². The normalized spacial score (nSPS) is 15.9. The first-order chi connectivity index (χ1) is 17.9. The van der Waals surface area contributed by atoms with Crippen molar-refractivity contribution in [3.05, 3.63) is 119 Å². The van der Waals surface area contributed by atoms with Gasteiger partial charge in [-0.1, -0.05) is 69.8 Å². The third-order valence-electron chi connectivity index (χ3n) is 8.55. The van der Waals surface area contributed by atoms with Crippen molar-refractivity contribution in [1.29, 1.82) is 0 Å². The lowest BCUT2D eigenvalue weighted by atomic mass is 9.85. The van der Waals surface area contributed by atoms with E-state index in [9.17, 15) is 0 Å². The summed E-state index contributed by atoms with van der Waals surface area (Å²) in [5, 5.41) is 2.49. The number of rotatable bonds is 1. The lowest BCUT2D eigenvalue weighted by Gasteiger charge is -2.22. The van der Waals surface area contributed by atoms with Crippen molar-refractivity contribution in [1.82, 2.24) is 0 Å². The van der Waals surface area contributed by atoms with E-state index < -0.39 is 0 Å². The van der Waals surface area contributed by atoms with E-state index in [2.05, 4.69) is 111 Å². The zero-order chi connectivity index (χ0) is 25.1. The summed E-state index contributed by atoms with van der Waals surface area (Å²) in [5.41, 5.74) is 13.3. The van der Waals surface area contributed by atoms with Crippen LogP contribution in [0.25, 0.3) is 39.2 Å². The minimum absolute atomic E-state index is 0.0440. The van der Waals surface area contributed by atoms with Gasteiger partial charge in [-0.3, -0.25) is 0 Å². The molecule has 2 nitrogen and oxygen atoms in total. The number of benzene rings is 4. The van der Waals surface area contributed by atoms with E-state index in [1.54, 1.807) is 0 Å². The van der Waals surface area contributed by atoms with E-state index in [-0.39, 0.29) is 11.5 Å². The Bertz CT molecular complexity index is 1840. The van der Waals surface area contributed by atoms with Crippen molar-refractivity contribution in [2.75, 3.05) is 0 Å². The third-order valence-corrected chi connectivity index (χ3v) is 8.55. The maximum absolute atomic E-state index is 6.75. The highest BCUT2D eigenvalue weighted by Gasteiger charge is 2.44. The number of hydrogen-bond acceptors (Lipinski definition) is 1. The highest BCUT2D eigenvalue weighted by molar-refractivity contribution is 6.08. The van der Waals surface area contributed by atoms with Gasteiger partial charge in [-0.05, 0) is 69.3 Å². The molecule has 1 atom stereocenters. The van der Waals surface area contributed by atoms with Crippen LogP contribution >= 0.6 is 0 Å².